The minimum atomic E-state index is -4.65. The summed E-state index contributed by atoms with van der Waals surface area (Å²) in [6.07, 6.45) is 4.00. The molecule has 2 aliphatic rings. The Balaban J connectivity index is 1.35. The van der Waals surface area contributed by atoms with Crippen LogP contribution in [0.3, 0.4) is 0 Å². The minimum Gasteiger partial charge on any atom is -0.456 e. The number of nitrogens with zero attached hydrogens (tertiary/aromatic N) is 2. The second-order valence-electron chi connectivity index (χ2n) is 17.8. The highest BCUT2D eigenvalue weighted by molar-refractivity contribution is 7.99. The predicted octanol–water partition coefficient (Wildman–Crippen LogP) is 13.9. The van der Waals surface area contributed by atoms with Crippen LogP contribution < -0.4 is 19.6 Å². The van der Waals surface area contributed by atoms with E-state index >= 15 is 0 Å². The van der Waals surface area contributed by atoms with E-state index in [-0.39, 0.29) is 15.7 Å². The fourth-order valence-electron chi connectivity index (χ4n) is 9.22. The maximum atomic E-state index is 13.9. The molecule has 0 amide bonds. The van der Waals surface area contributed by atoms with Gasteiger partial charge in [0.1, 0.15) is 16.2 Å². The predicted molar refractivity (Wildman–Crippen MR) is 290 cm³/mol. The summed E-state index contributed by atoms with van der Waals surface area (Å²) in [5.41, 5.74) is 8.72. The summed E-state index contributed by atoms with van der Waals surface area (Å²) in [6, 6.07) is 48.6. The Morgan fingerprint density at radius 2 is 1.33 bits per heavy atom. The van der Waals surface area contributed by atoms with Gasteiger partial charge in [-0.1, -0.05) is 118 Å². The van der Waals surface area contributed by atoms with Gasteiger partial charge in [-0.2, -0.15) is 13.0 Å². The van der Waals surface area contributed by atoms with E-state index in [0.717, 1.165) is 80.1 Å². The molecule has 6 aromatic rings. The smallest absolute Gasteiger partial charge is 0.295 e. The molecule has 1 unspecified atom stereocenters. The SMILES string of the molecule is CCCCC(CC)CNS(=O)(=O)c1cc(C)c(/[N+](CSc2ccccc2)=c2\ccc3c(-c4ccccc4S(=O)(=O)O)c4ccc(N(CSc5ccccc5)c5c(C)cccc5C)cc4oc-3c2)c(C)c1. The molecule has 1 aliphatic heterocycles. The van der Waals surface area contributed by atoms with Crippen LogP contribution in [0, 0.1) is 33.6 Å². The first kappa shape index (κ1) is 50.7. The molecule has 0 fully saturated rings. The fraction of sp³-hybridized carbons (Fsp3) is 0.246. The summed E-state index contributed by atoms with van der Waals surface area (Å²) in [6.45, 7) is 12.8. The molecule has 6 aromatic carbocycles. The monoisotopic (exact) mass is 1010 g/mol. The van der Waals surface area contributed by atoms with Crippen molar-refractivity contribution in [2.75, 3.05) is 23.2 Å². The average molecular weight is 1010 g/mol. The summed E-state index contributed by atoms with van der Waals surface area (Å²) in [7, 11) is -8.45. The summed E-state index contributed by atoms with van der Waals surface area (Å²) in [5, 5.41) is 1.45. The van der Waals surface area contributed by atoms with Crippen molar-refractivity contribution in [1.29, 1.82) is 0 Å². The largest absolute Gasteiger partial charge is 0.456 e. The number of rotatable bonds is 19. The molecule has 1 aliphatic carbocycles. The number of hydrogen-bond acceptors (Lipinski definition) is 8. The number of anilines is 2. The van der Waals surface area contributed by atoms with Gasteiger partial charge < -0.3 is 9.32 Å². The number of sulfonamides is 1. The number of unbranched alkanes of at least 4 members (excludes halogenated alkanes) is 1. The zero-order valence-corrected chi connectivity index (χ0v) is 43.7. The van der Waals surface area contributed by atoms with Crippen molar-refractivity contribution in [1.82, 2.24) is 9.30 Å². The highest BCUT2D eigenvalue weighted by Crippen LogP contribution is 2.44. The van der Waals surface area contributed by atoms with Crippen LogP contribution in [0.25, 0.3) is 33.4 Å². The molecular weight excluding hydrogens is 951 g/mol. The maximum absolute atomic E-state index is 13.9. The van der Waals surface area contributed by atoms with Gasteiger partial charge in [-0.3, -0.25) is 4.55 Å². The van der Waals surface area contributed by atoms with Gasteiger partial charge in [-0.15, -0.1) is 11.8 Å². The van der Waals surface area contributed by atoms with Crippen LogP contribution in [-0.2, 0) is 20.1 Å². The van der Waals surface area contributed by atoms with Crippen LogP contribution in [0.1, 0.15) is 61.8 Å². The third-order valence-corrected chi connectivity index (χ3v) is 17.1. The van der Waals surface area contributed by atoms with Crippen molar-refractivity contribution in [3.63, 3.8) is 0 Å². The Morgan fingerprint density at radius 1 is 0.686 bits per heavy atom. The topological polar surface area (TPSA) is 120 Å². The molecule has 8 rings (SSSR count). The Kier molecular flexibility index (Phi) is 16.1. The summed E-state index contributed by atoms with van der Waals surface area (Å²) in [4.78, 5) is 4.49. The Bertz CT molecular complexity index is 3370. The van der Waals surface area contributed by atoms with Crippen LogP contribution in [0.15, 0.2) is 176 Å². The number of fused-ring (bicyclic) bond motifs is 2. The van der Waals surface area contributed by atoms with E-state index in [0.29, 0.717) is 51.7 Å². The Labute approximate surface area is 421 Å². The normalized spacial score (nSPS) is 12.9. The van der Waals surface area contributed by atoms with E-state index in [9.17, 15) is 21.4 Å². The van der Waals surface area contributed by atoms with Crippen LogP contribution in [0.4, 0.5) is 17.1 Å². The Morgan fingerprint density at radius 3 is 1.97 bits per heavy atom. The number of thioether (sulfide) groups is 2. The molecule has 0 bridgehead atoms. The summed E-state index contributed by atoms with van der Waals surface area (Å²) in [5.74, 6) is 1.82. The highest BCUT2D eigenvalue weighted by atomic mass is 32.2. The zero-order valence-electron chi connectivity index (χ0n) is 40.5. The van der Waals surface area contributed by atoms with Crippen LogP contribution in [-0.4, -0.2) is 39.7 Å². The van der Waals surface area contributed by atoms with Gasteiger partial charge >= 0.3 is 0 Å². The van der Waals surface area contributed by atoms with E-state index in [1.54, 1.807) is 53.9 Å². The van der Waals surface area contributed by atoms with Gasteiger partial charge in [0, 0.05) is 73.0 Å². The number of aryl methyl sites for hydroxylation is 4. The number of hydrogen-bond donors (Lipinski definition) is 2. The number of benzene rings is 7. The lowest BCUT2D eigenvalue weighted by Gasteiger charge is -2.28. The van der Waals surface area contributed by atoms with Gasteiger partial charge in [0.15, 0.2) is 5.88 Å². The first-order chi connectivity index (χ1) is 33.7. The molecule has 0 saturated heterocycles. The van der Waals surface area contributed by atoms with Gasteiger partial charge in [-0.05, 0) is 112 Å². The molecule has 1 heterocycles. The molecule has 9 nitrogen and oxygen atoms in total. The van der Waals surface area contributed by atoms with E-state index < -0.39 is 20.1 Å². The number of para-hydroxylation sites is 1. The molecule has 0 radical (unpaired) electrons. The lowest BCUT2D eigenvalue weighted by molar-refractivity contribution is 0.443. The summed E-state index contributed by atoms with van der Waals surface area (Å²) >= 11 is 3.37. The second-order valence-corrected chi connectivity index (χ2v) is 22.9. The molecule has 1 atom stereocenters. The lowest BCUT2D eigenvalue weighted by Crippen LogP contribution is -2.30. The first-order valence-electron chi connectivity index (χ1n) is 23.6. The fourth-order valence-corrected chi connectivity index (χ4v) is 13.0. The Hall–Kier alpha value is -5.67. The number of nitrogens with one attached hydrogen (secondary N) is 1. The van der Waals surface area contributed by atoms with Crippen molar-refractivity contribution < 1.29 is 25.8 Å². The minimum absolute atomic E-state index is 0.212. The van der Waals surface area contributed by atoms with Crippen molar-refractivity contribution >= 4 is 71.7 Å². The van der Waals surface area contributed by atoms with Gasteiger partial charge in [0.25, 0.3) is 10.1 Å². The molecule has 362 valence electrons. The van der Waals surface area contributed by atoms with E-state index in [4.69, 9.17) is 4.42 Å². The molecule has 0 spiro atoms. The third-order valence-electron chi connectivity index (χ3n) is 12.8. The first-order valence-corrected chi connectivity index (χ1v) is 28.5. The molecule has 0 aromatic heterocycles. The van der Waals surface area contributed by atoms with Crippen molar-refractivity contribution in [3.8, 4) is 22.5 Å². The standard InChI is InChI=1S/C57H59N3O6S4/c1-7-9-21-43(8-2)36-58-69(61,62)48-32-41(5)57(42(6)33-48)60(38-68-47-24-14-11-15-25-47)45-29-31-50-53(35-45)66-52-34-44(28-30-49(52)55(50)51-26-16-17-27-54(51)70(63,64)65)59(37-67-46-22-12-10-13-23-46)56-39(3)19-18-20-40(56)4/h10-20,22-35,43,58H,7-9,21,36-38H2,1-6H3/p+1. The molecular formula is C57H60N3O6S4+. The van der Waals surface area contributed by atoms with Crippen molar-refractivity contribution in [2.45, 2.75) is 86.8 Å². The van der Waals surface area contributed by atoms with Gasteiger partial charge in [0.05, 0.1) is 16.8 Å². The lowest BCUT2D eigenvalue weighted by atomic mass is 9.93. The van der Waals surface area contributed by atoms with Gasteiger partial charge in [0.2, 0.25) is 21.1 Å². The van der Waals surface area contributed by atoms with Crippen LogP contribution >= 0.6 is 23.5 Å². The quantitative estimate of drug-likeness (QED) is 0.0268. The van der Waals surface area contributed by atoms with Crippen LogP contribution in [0.2, 0.25) is 0 Å². The molecule has 70 heavy (non-hydrogen) atoms. The van der Waals surface area contributed by atoms with E-state index in [1.165, 1.54) is 6.07 Å². The third kappa shape index (κ3) is 11.4. The van der Waals surface area contributed by atoms with E-state index in [1.807, 2.05) is 86.6 Å². The van der Waals surface area contributed by atoms with Gasteiger partial charge in [-0.25, -0.2) is 13.1 Å². The molecule has 2 N–H and O–H groups in total. The van der Waals surface area contributed by atoms with Crippen molar-refractivity contribution in [3.05, 3.63) is 179 Å². The highest BCUT2D eigenvalue weighted by Gasteiger charge is 2.28. The van der Waals surface area contributed by atoms with Crippen molar-refractivity contribution in [2.24, 2.45) is 5.92 Å². The second kappa shape index (κ2) is 22.2. The summed E-state index contributed by atoms with van der Waals surface area (Å²) < 4.78 is 76.6. The van der Waals surface area contributed by atoms with E-state index in [2.05, 4.69) is 84.4 Å². The average Bonchev–Trinajstić information content (AvgIpc) is 3.35. The molecule has 13 heteroatoms. The maximum Gasteiger partial charge on any atom is 0.295 e. The van der Waals surface area contributed by atoms with Crippen LogP contribution in [0.5, 0.6) is 0 Å². The zero-order chi connectivity index (χ0) is 49.6. The molecule has 0 saturated carbocycles.